The number of aliphatic hydroxyl groups is 1. The van der Waals surface area contributed by atoms with Gasteiger partial charge in [-0.3, -0.25) is 4.79 Å². The summed E-state index contributed by atoms with van der Waals surface area (Å²) >= 11 is 0. The molecule has 3 fully saturated rings. The molecule has 5 rings (SSSR count). The van der Waals surface area contributed by atoms with Crippen LogP contribution in [-0.4, -0.2) is 42.4 Å². The average Bonchev–Trinajstić information content (AvgIpc) is 3.39. The summed E-state index contributed by atoms with van der Waals surface area (Å²) in [7, 11) is -3.68. The molecule has 2 N–H and O–H groups in total. The number of hydrogen-bond donors (Lipinski definition) is 2. The molecule has 0 unspecified atom stereocenters. The second-order valence-electron chi connectivity index (χ2n) is 7.67. The Morgan fingerprint density at radius 1 is 1.15 bits per heavy atom. The third-order valence-corrected chi connectivity index (χ3v) is 8.15. The van der Waals surface area contributed by atoms with Crippen molar-refractivity contribution in [2.24, 2.45) is 17.8 Å². The Balaban J connectivity index is 1.36. The molecule has 3 aliphatic rings. The van der Waals surface area contributed by atoms with Crippen molar-refractivity contribution in [2.75, 3.05) is 11.9 Å². The van der Waals surface area contributed by atoms with E-state index in [4.69, 9.17) is 4.42 Å². The maximum atomic E-state index is 13.1. The van der Waals surface area contributed by atoms with Gasteiger partial charge in [-0.1, -0.05) is 0 Å². The van der Waals surface area contributed by atoms with Crippen LogP contribution in [0, 0.1) is 17.8 Å². The van der Waals surface area contributed by atoms with E-state index in [0.717, 1.165) is 12.8 Å². The van der Waals surface area contributed by atoms with Crippen molar-refractivity contribution in [3.05, 3.63) is 48.4 Å². The highest BCUT2D eigenvalue weighted by molar-refractivity contribution is 7.89. The van der Waals surface area contributed by atoms with Crippen molar-refractivity contribution in [3.63, 3.8) is 0 Å². The molecule has 0 spiro atoms. The molecular weight excluding hydrogens is 368 g/mol. The molecule has 27 heavy (non-hydrogen) atoms. The van der Waals surface area contributed by atoms with E-state index in [1.165, 1.54) is 22.7 Å². The predicted octanol–water partition coefficient (Wildman–Crippen LogP) is 1.92. The first-order valence-electron chi connectivity index (χ1n) is 9.10. The zero-order valence-electron chi connectivity index (χ0n) is 14.5. The standard InChI is InChI=1S/C19H20N2O5S/c22-18-11-8-12-10-21(17(18)15(12)9-11)27(24,25)14-5-3-13(4-6-14)20-19(23)16-2-1-7-26-16/h1-7,11-12,15,17-18,22H,8-10H2,(H,20,23)/t11-,12-,15+,17+,18+/m0/s1. The fourth-order valence-electron chi connectivity index (χ4n) is 5.08. The molecule has 1 aromatic heterocycles. The van der Waals surface area contributed by atoms with Crippen LogP contribution in [0.15, 0.2) is 52.0 Å². The zero-order chi connectivity index (χ0) is 18.8. The molecule has 7 nitrogen and oxygen atoms in total. The molecule has 8 heteroatoms. The average molecular weight is 388 g/mol. The molecule has 0 radical (unpaired) electrons. The summed E-state index contributed by atoms with van der Waals surface area (Å²) in [6, 6.07) is 8.99. The van der Waals surface area contributed by atoms with Crippen molar-refractivity contribution in [1.82, 2.24) is 4.31 Å². The van der Waals surface area contributed by atoms with Crippen LogP contribution in [0.5, 0.6) is 0 Å². The van der Waals surface area contributed by atoms with E-state index < -0.39 is 22.0 Å². The minimum absolute atomic E-state index is 0.176. The summed E-state index contributed by atoms with van der Waals surface area (Å²) in [5, 5.41) is 13.1. The van der Waals surface area contributed by atoms with Crippen LogP contribution < -0.4 is 5.32 Å². The number of fused-ring (bicyclic) bond motifs is 1. The van der Waals surface area contributed by atoms with Crippen LogP contribution in [0.1, 0.15) is 23.4 Å². The van der Waals surface area contributed by atoms with Gasteiger partial charge in [-0.15, -0.1) is 0 Å². The predicted molar refractivity (Wildman–Crippen MR) is 96.5 cm³/mol. The van der Waals surface area contributed by atoms with E-state index in [1.54, 1.807) is 24.3 Å². The van der Waals surface area contributed by atoms with Crippen molar-refractivity contribution >= 4 is 21.6 Å². The maximum absolute atomic E-state index is 13.1. The number of rotatable bonds is 4. The van der Waals surface area contributed by atoms with E-state index >= 15 is 0 Å². The van der Waals surface area contributed by atoms with Crippen LogP contribution in [0.25, 0.3) is 0 Å². The van der Waals surface area contributed by atoms with Crippen molar-refractivity contribution in [2.45, 2.75) is 29.9 Å². The lowest BCUT2D eigenvalue weighted by Gasteiger charge is -2.28. The summed E-state index contributed by atoms with van der Waals surface area (Å²) < 4.78 is 32.8. The lowest BCUT2D eigenvalue weighted by atomic mass is 9.88. The summed E-state index contributed by atoms with van der Waals surface area (Å²) in [5.41, 5.74) is 0.484. The molecule has 1 saturated heterocycles. The Bertz CT molecular complexity index is 968. The number of aliphatic hydroxyl groups excluding tert-OH is 1. The highest BCUT2D eigenvalue weighted by Crippen LogP contribution is 2.56. The van der Waals surface area contributed by atoms with Crippen LogP contribution >= 0.6 is 0 Å². The minimum atomic E-state index is -3.68. The third-order valence-electron chi connectivity index (χ3n) is 6.27. The number of benzene rings is 1. The van der Waals surface area contributed by atoms with Crippen LogP contribution in [-0.2, 0) is 10.0 Å². The van der Waals surface area contributed by atoms with Gasteiger partial charge in [-0.05, 0) is 67.0 Å². The lowest BCUT2D eigenvalue weighted by Crippen LogP contribution is -2.43. The van der Waals surface area contributed by atoms with Gasteiger partial charge in [0.1, 0.15) is 0 Å². The number of amides is 1. The molecule has 142 valence electrons. The Labute approximate surface area is 157 Å². The second-order valence-corrected chi connectivity index (χ2v) is 9.56. The topological polar surface area (TPSA) is 99.9 Å². The smallest absolute Gasteiger partial charge is 0.291 e. The maximum Gasteiger partial charge on any atom is 0.291 e. The van der Waals surface area contributed by atoms with Crippen LogP contribution in [0.2, 0.25) is 0 Å². The van der Waals surface area contributed by atoms with Gasteiger partial charge in [0.05, 0.1) is 23.3 Å². The molecule has 2 aromatic rings. The molecule has 1 aliphatic heterocycles. The number of furan rings is 1. The van der Waals surface area contributed by atoms with Gasteiger partial charge < -0.3 is 14.8 Å². The van der Waals surface area contributed by atoms with Crippen LogP contribution in [0.4, 0.5) is 5.69 Å². The molecular formula is C19H20N2O5S. The fraction of sp³-hybridized carbons (Fsp3) is 0.421. The number of sulfonamides is 1. The molecule has 2 saturated carbocycles. The normalized spacial score (nSPS) is 32.1. The van der Waals surface area contributed by atoms with Crippen molar-refractivity contribution < 1.29 is 22.7 Å². The van der Waals surface area contributed by atoms with E-state index in [1.807, 2.05) is 0 Å². The molecule has 1 amide bonds. The van der Waals surface area contributed by atoms with E-state index in [0.29, 0.717) is 18.2 Å². The Kier molecular flexibility index (Phi) is 3.72. The summed E-state index contributed by atoms with van der Waals surface area (Å²) in [6.07, 6.45) is 2.71. The Morgan fingerprint density at radius 3 is 2.59 bits per heavy atom. The van der Waals surface area contributed by atoms with E-state index in [9.17, 15) is 18.3 Å². The summed E-state index contributed by atoms with van der Waals surface area (Å²) in [6.45, 7) is 0.488. The van der Waals surface area contributed by atoms with Gasteiger partial charge in [0.25, 0.3) is 5.91 Å². The lowest BCUT2D eigenvalue weighted by molar-refractivity contribution is 0.0731. The second kappa shape index (κ2) is 5.92. The number of anilines is 1. The molecule has 5 atom stereocenters. The highest BCUT2D eigenvalue weighted by atomic mass is 32.2. The SMILES string of the molecule is O=C(Nc1ccc(S(=O)(=O)N2C[C@@H]3C[C@H]4C[C@H]3[C@@H]2[C@@H]4O)cc1)c1ccco1. The van der Waals surface area contributed by atoms with Gasteiger partial charge in [-0.2, -0.15) is 4.31 Å². The highest BCUT2D eigenvalue weighted by Gasteiger charge is 2.61. The summed E-state index contributed by atoms with van der Waals surface area (Å²) in [4.78, 5) is 12.2. The van der Waals surface area contributed by atoms with Gasteiger partial charge in [0.15, 0.2) is 5.76 Å². The minimum Gasteiger partial charge on any atom is -0.459 e. The third kappa shape index (κ3) is 2.55. The molecule has 2 bridgehead atoms. The number of carbonyl (C=O) groups is 1. The van der Waals surface area contributed by atoms with E-state index in [2.05, 4.69) is 5.32 Å². The van der Waals surface area contributed by atoms with Gasteiger partial charge in [0.2, 0.25) is 10.0 Å². The molecule has 1 aromatic carbocycles. The van der Waals surface area contributed by atoms with E-state index in [-0.39, 0.29) is 28.5 Å². The van der Waals surface area contributed by atoms with Crippen LogP contribution in [0.3, 0.4) is 0 Å². The quantitative estimate of drug-likeness (QED) is 0.834. The summed E-state index contributed by atoms with van der Waals surface area (Å²) in [5.74, 6) is 0.678. The van der Waals surface area contributed by atoms with Crippen molar-refractivity contribution in [3.8, 4) is 0 Å². The zero-order valence-corrected chi connectivity index (χ0v) is 15.3. The largest absolute Gasteiger partial charge is 0.459 e. The number of nitrogens with zero attached hydrogens (tertiary/aromatic N) is 1. The molecule has 2 heterocycles. The number of nitrogens with one attached hydrogen (secondary N) is 1. The first-order chi connectivity index (χ1) is 12.9. The van der Waals surface area contributed by atoms with Gasteiger partial charge in [0, 0.05) is 12.2 Å². The Morgan fingerprint density at radius 2 is 1.93 bits per heavy atom. The van der Waals surface area contributed by atoms with Gasteiger partial charge in [-0.25, -0.2) is 8.42 Å². The first kappa shape index (κ1) is 17.0. The Hall–Kier alpha value is -2.16. The van der Waals surface area contributed by atoms with Gasteiger partial charge >= 0.3 is 0 Å². The number of carbonyl (C=O) groups excluding carboxylic acids is 1. The monoisotopic (exact) mass is 388 g/mol. The first-order valence-corrected chi connectivity index (χ1v) is 10.5. The van der Waals surface area contributed by atoms with Crippen molar-refractivity contribution in [1.29, 1.82) is 0 Å². The number of hydrogen-bond acceptors (Lipinski definition) is 5. The molecule has 2 aliphatic carbocycles. The fourth-order valence-corrected chi connectivity index (χ4v) is 6.82.